The normalized spacial score (nSPS) is 42.0. The quantitative estimate of drug-likeness (QED) is 0.570. The highest BCUT2D eigenvalue weighted by Crippen LogP contribution is 2.53. The standard InChI is InChI=1S/C15H22O3/c1-9(2)6-12(16)14-15(8-17-15)11-5-4-10(3)7-13(11)18-14/h7,9,11,13-14H,4-6,8H2,1-3H3/t11-,13+,14+,15+/m0/s1. The van der Waals surface area contributed by atoms with Gasteiger partial charge in [-0.1, -0.05) is 25.5 Å². The highest BCUT2D eigenvalue weighted by Gasteiger charge is 2.67. The summed E-state index contributed by atoms with van der Waals surface area (Å²) in [6.07, 6.45) is 4.77. The summed E-state index contributed by atoms with van der Waals surface area (Å²) >= 11 is 0. The number of carbonyl (C=O) groups is 1. The smallest absolute Gasteiger partial charge is 0.164 e. The lowest BCUT2D eigenvalue weighted by Gasteiger charge is -2.23. The van der Waals surface area contributed by atoms with E-state index >= 15 is 0 Å². The molecule has 0 radical (unpaired) electrons. The van der Waals surface area contributed by atoms with Crippen molar-refractivity contribution in [1.82, 2.24) is 0 Å². The largest absolute Gasteiger partial charge is 0.366 e. The van der Waals surface area contributed by atoms with Gasteiger partial charge < -0.3 is 9.47 Å². The van der Waals surface area contributed by atoms with Gasteiger partial charge in [0, 0.05) is 12.3 Å². The van der Waals surface area contributed by atoms with Gasteiger partial charge in [-0.2, -0.15) is 0 Å². The number of hydrogen-bond donors (Lipinski definition) is 0. The zero-order valence-electron chi connectivity index (χ0n) is 11.4. The molecule has 0 aromatic rings. The third-order valence-corrected chi connectivity index (χ3v) is 4.44. The second-order valence-electron chi connectivity index (χ2n) is 6.45. The van der Waals surface area contributed by atoms with Crippen LogP contribution in [0.5, 0.6) is 0 Å². The van der Waals surface area contributed by atoms with E-state index in [2.05, 4.69) is 26.8 Å². The molecule has 0 amide bonds. The van der Waals surface area contributed by atoms with Crippen molar-refractivity contribution in [1.29, 1.82) is 0 Å². The second kappa shape index (κ2) is 4.17. The van der Waals surface area contributed by atoms with Gasteiger partial charge >= 0.3 is 0 Å². The van der Waals surface area contributed by atoms with Crippen molar-refractivity contribution in [3.05, 3.63) is 11.6 Å². The van der Waals surface area contributed by atoms with Gasteiger partial charge in [-0.15, -0.1) is 0 Å². The number of ether oxygens (including phenoxy) is 2. The van der Waals surface area contributed by atoms with Crippen molar-refractivity contribution in [2.24, 2.45) is 11.8 Å². The van der Waals surface area contributed by atoms with Crippen LogP contribution in [-0.2, 0) is 14.3 Å². The molecule has 0 N–H and O–H groups in total. The number of ketones is 1. The summed E-state index contributed by atoms with van der Waals surface area (Å²) in [4.78, 5) is 12.3. The van der Waals surface area contributed by atoms with Gasteiger partial charge in [-0.05, 0) is 25.7 Å². The highest BCUT2D eigenvalue weighted by molar-refractivity contribution is 5.85. The molecule has 3 nitrogen and oxygen atoms in total. The van der Waals surface area contributed by atoms with Crippen LogP contribution < -0.4 is 0 Å². The summed E-state index contributed by atoms with van der Waals surface area (Å²) in [7, 11) is 0. The van der Waals surface area contributed by atoms with Gasteiger partial charge in [0.05, 0.1) is 12.7 Å². The van der Waals surface area contributed by atoms with E-state index in [1.54, 1.807) is 0 Å². The molecule has 2 heterocycles. The van der Waals surface area contributed by atoms with Crippen molar-refractivity contribution in [2.45, 2.75) is 57.8 Å². The van der Waals surface area contributed by atoms with Crippen LogP contribution in [-0.4, -0.2) is 30.2 Å². The molecule has 2 saturated heterocycles. The summed E-state index contributed by atoms with van der Waals surface area (Å²) in [6.45, 7) is 6.99. The first-order valence-corrected chi connectivity index (χ1v) is 7.02. The lowest BCUT2D eigenvalue weighted by Crippen LogP contribution is -2.38. The first-order valence-electron chi connectivity index (χ1n) is 7.02. The van der Waals surface area contributed by atoms with E-state index in [-0.39, 0.29) is 23.6 Å². The van der Waals surface area contributed by atoms with E-state index in [1.807, 2.05) is 0 Å². The number of epoxide rings is 1. The van der Waals surface area contributed by atoms with Crippen LogP contribution in [0.1, 0.15) is 40.0 Å². The molecule has 0 bridgehead atoms. The lowest BCUT2D eigenvalue weighted by molar-refractivity contribution is -0.131. The van der Waals surface area contributed by atoms with E-state index in [0.29, 0.717) is 24.9 Å². The van der Waals surface area contributed by atoms with Crippen LogP contribution in [0.4, 0.5) is 0 Å². The number of Topliss-reactive ketones (excluding diaryl/α,β-unsaturated/α-hetero) is 1. The number of rotatable bonds is 3. The molecule has 3 heteroatoms. The van der Waals surface area contributed by atoms with Crippen molar-refractivity contribution >= 4 is 5.78 Å². The van der Waals surface area contributed by atoms with Gasteiger partial charge in [0.15, 0.2) is 5.78 Å². The number of fused-ring (bicyclic) bond motifs is 2. The van der Waals surface area contributed by atoms with E-state index in [0.717, 1.165) is 12.8 Å². The van der Waals surface area contributed by atoms with Crippen LogP contribution in [0.3, 0.4) is 0 Å². The molecule has 0 saturated carbocycles. The SMILES string of the molecule is CC1=C[C@H]2O[C@H](C(=O)CC(C)C)[C@@]3(CO3)[C@H]2CC1. The Labute approximate surface area is 109 Å². The van der Waals surface area contributed by atoms with Crippen LogP contribution in [0.25, 0.3) is 0 Å². The Morgan fingerprint density at radius 1 is 1.56 bits per heavy atom. The molecule has 2 aliphatic heterocycles. The van der Waals surface area contributed by atoms with Crippen LogP contribution in [0.15, 0.2) is 11.6 Å². The monoisotopic (exact) mass is 250 g/mol. The topological polar surface area (TPSA) is 38.8 Å². The molecular formula is C15H22O3. The Hall–Kier alpha value is -0.670. The maximum absolute atomic E-state index is 12.3. The minimum absolute atomic E-state index is 0.0994. The summed E-state index contributed by atoms with van der Waals surface area (Å²) in [5.41, 5.74) is 1.11. The predicted molar refractivity (Wildman–Crippen MR) is 68.3 cm³/mol. The first kappa shape index (κ1) is 12.4. The lowest BCUT2D eigenvalue weighted by atomic mass is 9.78. The fraction of sp³-hybridized carbons (Fsp3) is 0.800. The zero-order chi connectivity index (χ0) is 12.9. The Kier molecular flexibility index (Phi) is 2.87. The number of allylic oxidation sites excluding steroid dienone is 1. The maximum Gasteiger partial charge on any atom is 0.164 e. The zero-order valence-corrected chi connectivity index (χ0v) is 11.4. The molecule has 2 fully saturated rings. The molecule has 3 rings (SSSR count). The number of hydrogen-bond acceptors (Lipinski definition) is 3. The van der Waals surface area contributed by atoms with Crippen LogP contribution in [0, 0.1) is 11.8 Å². The third-order valence-electron chi connectivity index (χ3n) is 4.44. The molecule has 1 spiro atoms. The minimum Gasteiger partial charge on any atom is -0.366 e. The molecule has 1 aliphatic carbocycles. The van der Waals surface area contributed by atoms with Gasteiger partial charge in [0.1, 0.15) is 11.7 Å². The maximum atomic E-state index is 12.3. The Bertz CT molecular complexity index is 393. The Morgan fingerprint density at radius 2 is 2.28 bits per heavy atom. The van der Waals surface area contributed by atoms with Gasteiger partial charge in [0.2, 0.25) is 0 Å². The molecule has 100 valence electrons. The predicted octanol–water partition coefficient (Wildman–Crippen LogP) is 2.49. The molecule has 0 unspecified atom stereocenters. The molecule has 4 atom stereocenters. The fourth-order valence-corrected chi connectivity index (χ4v) is 3.46. The van der Waals surface area contributed by atoms with Gasteiger partial charge in [-0.25, -0.2) is 0 Å². The van der Waals surface area contributed by atoms with Crippen LogP contribution >= 0.6 is 0 Å². The Morgan fingerprint density at radius 3 is 2.89 bits per heavy atom. The van der Waals surface area contributed by atoms with Crippen LogP contribution in [0.2, 0.25) is 0 Å². The molecule has 18 heavy (non-hydrogen) atoms. The van der Waals surface area contributed by atoms with Crippen molar-refractivity contribution < 1.29 is 14.3 Å². The van der Waals surface area contributed by atoms with E-state index in [4.69, 9.17) is 9.47 Å². The highest BCUT2D eigenvalue weighted by atomic mass is 16.6. The average molecular weight is 250 g/mol. The van der Waals surface area contributed by atoms with E-state index < -0.39 is 0 Å². The summed E-state index contributed by atoms with van der Waals surface area (Å²) in [5.74, 6) is 1.00. The molecule has 0 aromatic heterocycles. The first-order chi connectivity index (χ1) is 8.53. The van der Waals surface area contributed by atoms with Crippen molar-refractivity contribution in [3.63, 3.8) is 0 Å². The Balaban J connectivity index is 1.80. The van der Waals surface area contributed by atoms with Gasteiger partial charge in [0.25, 0.3) is 0 Å². The second-order valence-corrected chi connectivity index (χ2v) is 6.45. The average Bonchev–Trinajstić information content (AvgIpc) is 2.98. The van der Waals surface area contributed by atoms with E-state index in [9.17, 15) is 4.79 Å². The molecular weight excluding hydrogens is 228 g/mol. The van der Waals surface area contributed by atoms with Crippen molar-refractivity contribution in [3.8, 4) is 0 Å². The fourth-order valence-electron chi connectivity index (χ4n) is 3.46. The summed E-state index contributed by atoms with van der Waals surface area (Å²) in [6, 6.07) is 0. The molecule has 3 aliphatic rings. The molecule has 0 aromatic carbocycles. The van der Waals surface area contributed by atoms with Crippen molar-refractivity contribution in [2.75, 3.05) is 6.61 Å². The van der Waals surface area contributed by atoms with Gasteiger partial charge in [-0.3, -0.25) is 4.79 Å². The number of carbonyl (C=O) groups excluding carboxylic acids is 1. The minimum atomic E-state index is -0.322. The van der Waals surface area contributed by atoms with E-state index in [1.165, 1.54) is 5.57 Å². The third kappa shape index (κ3) is 1.84. The summed E-state index contributed by atoms with van der Waals surface area (Å²) in [5, 5.41) is 0. The summed E-state index contributed by atoms with van der Waals surface area (Å²) < 4.78 is 11.7.